The molecule has 0 aliphatic heterocycles. The number of nitrogens with zero attached hydrogens (tertiary/aromatic N) is 2. The highest BCUT2D eigenvalue weighted by atomic mass is 35.5. The monoisotopic (exact) mass is 272 g/mol. The molecule has 0 spiro atoms. The molecule has 0 N–H and O–H groups in total. The predicted octanol–water partition coefficient (Wildman–Crippen LogP) is 3.69. The zero-order valence-corrected chi connectivity index (χ0v) is 12.1. The van der Waals surface area contributed by atoms with Crippen LogP contribution in [0.4, 0.5) is 0 Å². The van der Waals surface area contributed by atoms with Crippen LogP contribution in [0.25, 0.3) is 0 Å². The first kappa shape index (κ1) is 13.3. The molecule has 1 saturated carbocycles. The predicted molar refractivity (Wildman–Crippen MR) is 74.9 cm³/mol. The molecule has 96 valence electrons. The summed E-state index contributed by atoms with van der Waals surface area (Å²) < 4.78 is 0. The van der Waals surface area contributed by atoms with Gasteiger partial charge in [-0.15, -0.1) is 22.9 Å². The molecule has 0 aromatic carbocycles. The minimum absolute atomic E-state index is 0.543. The Bertz CT molecular complexity index is 336. The van der Waals surface area contributed by atoms with Gasteiger partial charge in [-0.05, 0) is 45.2 Å². The van der Waals surface area contributed by atoms with Crippen LogP contribution in [-0.2, 0) is 12.3 Å². The molecule has 1 aliphatic carbocycles. The van der Waals surface area contributed by atoms with Crippen LogP contribution in [0.5, 0.6) is 0 Å². The zero-order chi connectivity index (χ0) is 12.1. The van der Waals surface area contributed by atoms with E-state index in [4.69, 9.17) is 11.6 Å². The Morgan fingerprint density at radius 2 is 2.29 bits per heavy atom. The van der Waals surface area contributed by atoms with Crippen molar-refractivity contribution in [2.24, 2.45) is 0 Å². The molecule has 1 aromatic heterocycles. The minimum Gasteiger partial charge on any atom is -0.301 e. The van der Waals surface area contributed by atoms with Crippen LogP contribution in [0, 0.1) is 0 Å². The summed E-state index contributed by atoms with van der Waals surface area (Å²) in [5.74, 6) is 0.543. The van der Waals surface area contributed by atoms with Crippen molar-refractivity contribution in [2.45, 2.75) is 50.9 Å². The molecule has 1 fully saturated rings. The van der Waals surface area contributed by atoms with E-state index >= 15 is 0 Å². The summed E-state index contributed by atoms with van der Waals surface area (Å²) in [7, 11) is 0. The molecule has 2 rings (SSSR count). The van der Waals surface area contributed by atoms with E-state index in [2.05, 4.69) is 22.2 Å². The Balaban J connectivity index is 1.62. The number of rotatable bonds is 8. The summed E-state index contributed by atoms with van der Waals surface area (Å²) in [5, 5.41) is 3.32. The molecule has 0 radical (unpaired) electrons. The smallest absolute Gasteiger partial charge is 0.0928 e. The molecular weight excluding hydrogens is 252 g/mol. The normalized spacial score (nSPS) is 15.7. The Kier molecular flexibility index (Phi) is 5.26. The Labute approximate surface area is 113 Å². The lowest BCUT2D eigenvalue weighted by molar-refractivity contribution is 0.272. The van der Waals surface area contributed by atoms with E-state index in [1.54, 1.807) is 11.3 Å². The van der Waals surface area contributed by atoms with E-state index in [0.29, 0.717) is 5.88 Å². The molecule has 1 heterocycles. The van der Waals surface area contributed by atoms with E-state index in [-0.39, 0.29) is 0 Å². The first-order valence-electron chi connectivity index (χ1n) is 6.56. The molecule has 4 heteroatoms. The van der Waals surface area contributed by atoms with E-state index in [1.165, 1.54) is 43.8 Å². The van der Waals surface area contributed by atoms with Crippen molar-refractivity contribution in [1.29, 1.82) is 0 Å². The van der Waals surface area contributed by atoms with Gasteiger partial charge in [0.2, 0.25) is 0 Å². The summed E-state index contributed by atoms with van der Waals surface area (Å²) in [5.41, 5.74) is 1.03. The molecule has 1 aromatic rings. The van der Waals surface area contributed by atoms with Crippen LogP contribution < -0.4 is 0 Å². The number of aromatic nitrogens is 1. The van der Waals surface area contributed by atoms with Crippen molar-refractivity contribution < 1.29 is 0 Å². The quantitative estimate of drug-likeness (QED) is 0.530. The summed E-state index contributed by atoms with van der Waals surface area (Å²) in [4.78, 5) is 7.10. The summed E-state index contributed by atoms with van der Waals surface area (Å²) in [6, 6.07) is 0.905. The van der Waals surface area contributed by atoms with Crippen LogP contribution in [0.15, 0.2) is 5.38 Å². The summed E-state index contributed by atoms with van der Waals surface area (Å²) >= 11 is 7.49. The number of alkyl halides is 1. The van der Waals surface area contributed by atoms with E-state index in [0.717, 1.165) is 18.2 Å². The second-order valence-electron chi connectivity index (χ2n) is 4.68. The summed E-state index contributed by atoms with van der Waals surface area (Å²) in [6.07, 6.45) is 6.49. The van der Waals surface area contributed by atoms with Crippen molar-refractivity contribution >= 4 is 22.9 Å². The number of aryl methyl sites for hydroxylation is 1. The second-order valence-corrected chi connectivity index (χ2v) is 5.89. The topological polar surface area (TPSA) is 16.1 Å². The lowest BCUT2D eigenvalue weighted by atomic mass is 10.2. The van der Waals surface area contributed by atoms with Gasteiger partial charge in [0.05, 0.1) is 16.6 Å². The average molecular weight is 273 g/mol. The van der Waals surface area contributed by atoms with E-state index < -0.39 is 0 Å². The van der Waals surface area contributed by atoms with Crippen molar-refractivity contribution in [3.8, 4) is 0 Å². The third-order valence-electron chi connectivity index (χ3n) is 3.29. The first-order valence-corrected chi connectivity index (χ1v) is 7.98. The highest BCUT2D eigenvalue weighted by Gasteiger charge is 2.26. The van der Waals surface area contributed by atoms with Crippen molar-refractivity contribution in [3.63, 3.8) is 0 Å². The molecule has 1 aliphatic rings. The van der Waals surface area contributed by atoms with Crippen LogP contribution in [0.1, 0.15) is 43.3 Å². The van der Waals surface area contributed by atoms with Gasteiger partial charge in [-0.1, -0.05) is 6.92 Å². The third-order valence-corrected chi connectivity index (χ3v) is 4.52. The fraction of sp³-hybridized carbons (Fsp3) is 0.769. The van der Waals surface area contributed by atoms with Crippen molar-refractivity contribution in [1.82, 2.24) is 9.88 Å². The maximum atomic E-state index is 5.74. The van der Waals surface area contributed by atoms with Crippen LogP contribution in [-0.4, -0.2) is 29.0 Å². The van der Waals surface area contributed by atoms with E-state index in [1.807, 2.05) is 0 Å². The van der Waals surface area contributed by atoms with Gasteiger partial charge >= 0.3 is 0 Å². The van der Waals surface area contributed by atoms with Gasteiger partial charge < -0.3 is 4.90 Å². The number of unbranched alkanes of at least 4 members (excludes halogenated alkanes) is 1. The fourth-order valence-corrected chi connectivity index (χ4v) is 3.22. The molecular formula is C13H21ClN2S. The lowest BCUT2D eigenvalue weighted by Crippen LogP contribution is -2.26. The van der Waals surface area contributed by atoms with Gasteiger partial charge in [0.15, 0.2) is 0 Å². The molecule has 0 atom stereocenters. The molecule has 0 bridgehead atoms. The maximum absolute atomic E-state index is 5.74. The maximum Gasteiger partial charge on any atom is 0.0928 e. The molecule has 0 unspecified atom stereocenters. The number of halogens is 1. The van der Waals surface area contributed by atoms with Crippen molar-refractivity contribution in [3.05, 3.63) is 16.1 Å². The molecule has 0 saturated heterocycles. The number of hydrogen-bond donors (Lipinski definition) is 0. The third kappa shape index (κ3) is 4.23. The highest BCUT2D eigenvalue weighted by Crippen LogP contribution is 2.26. The van der Waals surface area contributed by atoms with E-state index in [9.17, 15) is 0 Å². The SMILES string of the molecule is CCN(CCCCc1nc(CCl)cs1)C1CC1. The van der Waals surface area contributed by atoms with Gasteiger partial charge in [-0.25, -0.2) is 4.98 Å². The Morgan fingerprint density at radius 1 is 1.47 bits per heavy atom. The van der Waals surface area contributed by atoms with Gasteiger partial charge in [0.1, 0.15) is 0 Å². The average Bonchev–Trinajstić information content (AvgIpc) is 3.08. The van der Waals surface area contributed by atoms with Crippen LogP contribution >= 0.6 is 22.9 Å². The van der Waals surface area contributed by atoms with Crippen LogP contribution in [0.3, 0.4) is 0 Å². The van der Waals surface area contributed by atoms with Crippen molar-refractivity contribution in [2.75, 3.05) is 13.1 Å². The number of thiazole rings is 1. The minimum atomic E-state index is 0.543. The standard InChI is InChI=1S/C13H21ClN2S/c1-2-16(12-6-7-12)8-4-3-5-13-15-11(9-14)10-17-13/h10,12H,2-9H2,1H3. The second kappa shape index (κ2) is 6.72. The summed E-state index contributed by atoms with van der Waals surface area (Å²) in [6.45, 7) is 4.74. The Morgan fingerprint density at radius 3 is 2.88 bits per heavy atom. The zero-order valence-electron chi connectivity index (χ0n) is 10.5. The first-order chi connectivity index (χ1) is 8.33. The molecule has 2 nitrogen and oxygen atoms in total. The Hall–Kier alpha value is -0.120. The van der Waals surface area contributed by atoms with Gasteiger partial charge in [0.25, 0.3) is 0 Å². The van der Waals surface area contributed by atoms with Gasteiger partial charge in [-0.2, -0.15) is 0 Å². The molecule has 17 heavy (non-hydrogen) atoms. The lowest BCUT2D eigenvalue weighted by Gasteiger charge is -2.19. The van der Waals surface area contributed by atoms with Gasteiger partial charge in [0, 0.05) is 11.4 Å². The molecule has 0 amide bonds. The largest absolute Gasteiger partial charge is 0.301 e. The highest BCUT2D eigenvalue weighted by molar-refractivity contribution is 7.09. The van der Waals surface area contributed by atoms with Gasteiger partial charge in [-0.3, -0.25) is 0 Å². The fourth-order valence-electron chi connectivity index (χ4n) is 2.15. The van der Waals surface area contributed by atoms with Crippen LogP contribution in [0.2, 0.25) is 0 Å². The number of hydrogen-bond acceptors (Lipinski definition) is 3.